The highest BCUT2D eigenvalue weighted by Gasteiger charge is 2.31. The van der Waals surface area contributed by atoms with Crippen LogP contribution in [0, 0.1) is 0 Å². The van der Waals surface area contributed by atoms with Crippen LogP contribution in [0.15, 0.2) is 88.6 Å². The molecular weight excluding hydrogens is 481 g/mol. The quantitative estimate of drug-likeness (QED) is 0.300. The molecule has 1 aliphatic rings. The number of aromatic nitrogens is 2. The van der Waals surface area contributed by atoms with Gasteiger partial charge >= 0.3 is 6.18 Å². The van der Waals surface area contributed by atoms with Gasteiger partial charge < -0.3 is 4.74 Å². The van der Waals surface area contributed by atoms with Gasteiger partial charge in [-0.1, -0.05) is 49.4 Å². The molecule has 0 atom stereocenters. The van der Waals surface area contributed by atoms with Crippen molar-refractivity contribution in [3.8, 4) is 17.1 Å². The summed E-state index contributed by atoms with van der Waals surface area (Å²) in [5.74, 6) is 1.18. The lowest BCUT2D eigenvalue weighted by Crippen LogP contribution is -2.26. The Bertz CT molecular complexity index is 1510. The van der Waals surface area contributed by atoms with E-state index in [0.29, 0.717) is 30.2 Å². The first kappa shape index (κ1) is 24.3. The summed E-state index contributed by atoms with van der Waals surface area (Å²) in [5.41, 5.74) is 0.706. The molecule has 9 heteroatoms. The lowest BCUT2D eigenvalue weighted by Gasteiger charge is -2.14. The topological polar surface area (TPSA) is 70.6 Å². The zero-order valence-electron chi connectivity index (χ0n) is 19.9. The van der Waals surface area contributed by atoms with E-state index in [-0.39, 0.29) is 29.4 Å². The summed E-state index contributed by atoms with van der Waals surface area (Å²) in [4.78, 5) is 22.2. The first-order chi connectivity index (χ1) is 17.8. The summed E-state index contributed by atoms with van der Waals surface area (Å²) in [6.45, 7) is 2.58. The second kappa shape index (κ2) is 9.93. The lowest BCUT2D eigenvalue weighted by molar-refractivity contribution is -0.137. The second-order valence-electron chi connectivity index (χ2n) is 8.49. The van der Waals surface area contributed by atoms with E-state index in [2.05, 4.69) is 15.3 Å². The molecule has 0 unspecified atom stereocenters. The van der Waals surface area contributed by atoms with Gasteiger partial charge in [-0.15, -0.1) is 0 Å². The Labute approximate surface area is 211 Å². The molecule has 1 aromatic heterocycles. The van der Waals surface area contributed by atoms with E-state index in [1.54, 1.807) is 24.3 Å². The fourth-order valence-electron chi connectivity index (χ4n) is 4.00. The third-order valence-electron chi connectivity index (χ3n) is 5.81. The van der Waals surface area contributed by atoms with Crippen LogP contribution < -0.4 is 15.6 Å². The molecule has 6 nitrogen and oxygen atoms in total. The van der Waals surface area contributed by atoms with Crippen LogP contribution in [0.4, 0.5) is 24.7 Å². The highest BCUT2D eigenvalue weighted by Crippen LogP contribution is 2.34. The SMILES string of the molecule is CCCn1c(-c2cccc(C(F)(F)F)c2)nc2c(c1=O)[N]C(c1ccc(OCc3ccccc3)cc1)=N2. The van der Waals surface area contributed by atoms with E-state index in [1.165, 1.54) is 16.7 Å². The van der Waals surface area contributed by atoms with Crippen molar-refractivity contribution in [1.82, 2.24) is 14.9 Å². The molecule has 0 spiro atoms. The standard InChI is InChI=1S/C28H22F3N4O2/c1-2-15-35-26(20-9-6-10-21(16-20)28(29,30)31)34-25-23(27(35)36)32-24(33-25)19-11-13-22(14-12-19)37-17-18-7-4-3-5-8-18/h3-14,16H,2,15,17H2,1H3. The Morgan fingerprint density at radius 3 is 2.38 bits per heavy atom. The van der Waals surface area contributed by atoms with Crippen molar-refractivity contribution in [1.29, 1.82) is 0 Å². The molecule has 0 aliphatic carbocycles. The number of amidine groups is 1. The Kier molecular flexibility index (Phi) is 6.52. The van der Waals surface area contributed by atoms with Crippen LogP contribution in [0.2, 0.25) is 0 Å². The predicted octanol–water partition coefficient (Wildman–Crippen LogP) is 6.25. The largest absolute Gasteiger partial charge is 0.489 e. The Morgan fingerprint density at radius 2 is 1.68 bits per heavy atom. The minimum atomic E-state index is -4.51. The minimum absolute atomic E-state index is 0.0728. The van der Waals surface area contributed by atoms with Crippen molar-refractivity contribution < 1.29 is 17.9 Å². The van der Waals surface area contributed by atoms with Crippen molar-refractivity contribution in [2.75, 3.05) is 0 Å². The summed E-state index contributed by atoms with van der Waals surface area (Å²) in [6, 6.07) is 21.7. The van der Waals surface area contributed by atoms with Crippen LogP contribution >= 0.6 is 0 Å². The van der Waals surface area contributed by atoms with Gasteiger partial charge in [0.1, 0.15) is 18.2 Å². The molecule has 1 radical (unpaired) electrons. The molecule has 3 aromatic carbocycles. The molecule has 0 amide bonds. The number of ether oxygens (including phenoxy) is 1. The maximum Gasteiger partial charge on any atom is 0.416 e. The third-order valence-corrected chi connectivity index (χ3v) is 5.81. The number of halogens is 3. The minimum Gasteiger partial charge on any atom is -0.489 e. The number of hydrogen-bond donors (Lipinski definition) is 0. The Balaban J connectivity index is 1.44. The molecule has 2 heterocycles. The maximum absolute atomic E-state index is 13.3. The van der Waals surface area contributed by atoms with Crippen LogP contribution in [0.3, 0.4) is 0 Å². The molecule has 0 bridgehead atoms. The summed E-state index contributed by atoms with van der Waals surface area (Å²) >= 11 is 0. The molecule has 0 saturated carbocycles. The summed E-state index contributed by atoms with van der Waals surface area (Å²) in [5, 5.41) is 4.41. The first-order valence-electron chi connectivity index (χ1n) is 11.7. The van der Waals surface area contributed by atoms with Gasteiger partial charge in [-0.3, -0.25) is 9.36 Å². The maximum atomic E-state index is 13.3. The fourth-order valence-corrected chi connectivity index (χ4v) is 4.00. The monoisotopic (exact) mass is 503 g/mol. The number of hydrogen-bond acceptors (Lipinski definition) is 4. The van der Waals surface area contributed by atoms with Gasteiger partial charge in [0.05, 0.1) is 5.56 Å². The molecule has 37 heavy (non-hydrogen) atoms. The van der Waals surface area contributed by atoms with E-state index >= 15 is 0 Å². The number of aliphatic imine (C=N–C) groups is 1. The molecule has 0 fully saturated rings. The van der Waals surface area contributed by atoms with Gasteiger partial charge in [-0.2, -0.15) is 13.2 Å². The normalized spacial score (nSPS) is 12.6. The predicted molar refractivity (Wildman–Crippen MR) is 134 cm³/mol. The molecule has 5 rings (SSSR count). The molecule has 1 aliphatic heterocycles. The third kappa shape index (κ3) is 5.11. The average Bonchev–Trinajstić information content (AvgIpc) is 3.34. The number of rotatable bonds is 7. The van der Waals surface area contributed by atoms with Crippen molar-refractivity contribution >= 4 is 17.3 Å². The smallest absolute Gasteiger partial charge is 0.416 e. The summed E-state index contributed by atoms with van der Waals surface area (Å²) in [6.07, 6.45) is -3.93. The second-order valence-corrected chi connectivity index (χ2v) is 8.49. The van der Waals surface area contributed by atoms with Crippen LogP contribution in [0.5, 0.6) is 5.75 Å². The zero-order chi connectivity index (χ0) is 26.0. The fraction of sp³-hybridized carbons (Fsp3) is 0.179. The van der Waals surface area contributed by atoms with Crippen molar-refractivity contribution in [2.45, 2.75) is 32.7 Å². The van der Waals surface area contributed by atoms with E-state index < -0.39 is 17.3 Å². The van der Waals surface area contributed by atoms with Gasteiger partial charge in [0.25, 0.3) is 5.56 Å². The molecule has 0 N–H and O–H groups in total. The highest BCUT2D eigenvalue weighted by atomic mass is 19.4. The highest BCUT2D eigenvalue weighted by molar-refractivity contribution is 6.06. The van der Waals surface area contributed by atoms with Crippen LogP contribution in [-0.2, 0) is 19.3 Å². The molecule has 0 saturated heterocycles. The summed E-state index contributed by atoms with van der Waals surface area (Å²) < 4.78 is 47.1. The zero-order valence-corrected chi connectivity index (χ0v) is 19.9. The molecule has 4 aromatic rings. The van der Waals surface area contributed by atoms with Crippen LogP contribution in [0.25, 0.3) is 11.4 Å². The van der Waals surface area contributed by atoms with Gasteiger partial charge in [0.2, 0.25) is 0 Å². The number of nitrogens with zero attached hydrogens (tertiary/aromatic N) is 4. The van der Waals surface area contributed by atoms with Crippen LogP contribution in [0.1, 0.15) is 30.0 Å². The number of fused-ring (bicyclic) bond motifs is 1. The number of alkyl halides is 3. The average molecular weight is 504 g/mol. The number of benzene rings is 3. The van der Waals surface area contributed by atoms with E-state index in [4.69, 9.17) is 4.74 Å². The molecule has 187 valence electrons. The van der Waals surface area contributed by atoms with Gasteiger partial charge in [-0.25, -0.2) is 15.3 Å². The van der Waals surface area contributed by atoms with Crippen molar-refractivity contribution in [3.05, 3.63) is 106 Å². The van der Waals surface area contributed by atoms with E-state index in [1.807, 2.05) is 37.3 Å². The van der Waals surface area contributed by atoms with Crippen molar-refractivity contribution in [2.24, 2.45) is 4.99 Å². The lowest BCUT2D eigenvalue weighted by atomic mass is 10.1. The van der Waals surface area contributed by atoms with Gasteiger partial charge in [-0.05, 0) is 48.4 Å². The first-order valence-corrected chi connectivity index (χ1v) is 11.7. The van der Waals surface area contributed by atoms with E-state index in [9.17, 15) is 18.0 Å². The molecular formula is C28H22F3N4O2. The van der Waals surface area contributed by atoms with Gasteiger partial charge in [0, 0.05) is 17.7 Å². The summed E-state index contributed by atoms with van der Waals surface area (Å²) in [7, 11) is 0. The van der Waals surface area contributed by atoms with Crippen LogP contribution in [-0.4, -0.2) is 15.4 Å². The van der Waals surface area contributed by atoms with E-state index in [0.717, 1.165) is 17.7 Å². The van der Waals surface area contributed by atoms with Crippen molar-refractivity contribution in [3.63, 3.8) is 0 Å². The Morgan fingerprint density at radius 1 is 0.919 bits per heavy atom. The van der Waals surface area contributed by atoms with Gasteiger partial charge in [0.15, 0.2) is 17.3 Å². The Hall–Kier alpha value is -4.40.